The average Bonchev–Trinajstić information content (AvgIpc) is 2.59. The third kappa shape index (κ3) is 4.96. The highest BCUT2D eigenvalue weighted by Crippen LogP contribution is 2.11. The van der Waals surface area contributed by atoms with Crippen LogP contribution in [0.1, 0.15) is 20.7 Å². The monoisotopic (exact) mass is 374 g/mol. The van der Waals surface area contributed by atoms with E-state index in [0.29, 0.717) is 16.9 Å². The topological polar surface area (TPSA) is 67.4 Å². The van der Waals surface area contributed by atoms with Gasteiger partial charge < -0.3 is 10.2 Å². The van der Waals surface area contributed by atoms with Crippen LogP contribution in [0.25, 0.3) is 0 Å². The standard InChI is InChI=1S/C17H15BrN2O3/c1-23-15-8-4-13(5-9-15)17(22)20-19-11-10-16(21)12-2-6-14(18)7-3-12/h2-11,19H,1H3,(H,20,22)/b11-10+. The van der Waals surface area contributed by atoms with E-state index in [1.807, 2.05) is 0 Å². The van der Waals surface area contributed by atoms with Gasteiger partial charge in [0, 0.05) is 27.9 Å². The van der Waals surface area contributed by atoms with Gasteiger partial charge in [0.05, 0.1) is 7.11 Å². The lowest BCUT2D eigenvalue weighted by Crippen LogP contribution is -2.33. The first-order chi connectivity index (χ1) is 11.1. The van der Waals surface area contributed by atoms with E-state index in [0.717, 1.165) is 4.47 Å². The van der Waals surface area contributed by atoms with Gasteiger partial charge in [0.25, 0.3) is 5.91 Å². The van der Waals surface area contributed by atoms with Gasteiger partial charge in [-0.3, -0.25) is 15.0 Å². The SMILES string of the molecule is COc1ccc(C(=O)NN/C=C/C(=O)c2ccc(Br)cc2)cc1. The Morgan fingerprint density at radius 1 is 1.00 bits per heavy atom. The molecule has 2 aromatic carbocycles. The Morgan fingerprint density at radius 3 is 2.22 bits per heavy atom. The molecule has 0 atom stereocenters. The van der Waals surface area contributed by atoms with Gasteiger partial charge in [0.1, 0.15) is 5.75 Å². The molecule has 1 amide bonds. The van der Waals surface area contributed by atoms with Crippen LogP contribution in [0, 0.1) is 0 Å². The molecule has 6 heteroatoms. The summed E-state index contributed by atoms with van der Waals surface area (Å²) in [6, 6.07) is 13.7. The number of methoxy groups -OCH3 is 1. The predicted octanol–water partition coefficient (Wildman–Crippen LogP) is 3.09. The fourth-order valence-electron chi connectivity index (χ4n) is 1.75. The lowest BCUT2D eigenvalue weighted by Gasteiger charge is -2.05. The number of halogens is 1. The van der Waals surface area contributed by atoms with E-state index in [2.05, 4.69) is 26.8 Å². The summed E-state index contributed by atoms with van der Waals surface area (Å²) in [5.74, 6) is 0.201. The second kappa shape index (κ2) is 8.14. The molecule has 2 N–H and O–H groups in total. The van der Waals surface area contributed by atoms with Gasteiger partial charge in [0.2, 0.25) is 0 Å². The van der Waals surface area contributed by atoms with Gasteiger partial charge in [-0.1, -0.05) is 15.9 Å². The van der Waals surface area contributed by atoms with Crippen molar-refractivity contribution in [1.29, 1.82) is 0 Å². The molecule has 0 aromatic heterocycles. The van der Waals surface area contributed by atoms with Crippen molar-refractivity contribution in [3.8, 4) is 5.75 Å². The zero-order valence-corrected chi connectivity index (χ0v) is 14.0. The second-order valence-electron chi connectivity index (χ2n) is 4.53. The first kappa shape index (κ1) is 16.8. The first-order valence-corrected chi connectivity index (χ1v) is 7.56. The largest absolute Gasteiger partial charge is 0.497 e. The number of amides is 1. The number of hydrazine groups is 1. The third-order valence-corrected chi connectivity index (χ3v) is 3.51. The van der Waals surface area contributed by atoms with Crippen LogP contribution in [0.3, 0.4) is 0 Å². The van der Waals surface area contributed by atoms with Gasteiger partial charge in [-0.25, -0.2) is 0 Å². The first-order valence-electron chi connectivity index (χ1n) is 6.76. The molecular formula is C17H15BrN2O3. The molecule has 0 radical (unpaired) electrons. The smallest absolute Gasteiger partial charge is 0.269 e. The van der Waals surface area contributed by atoms with E-state index >= 15 is 0 Å². The molecule has 2 rings (SSSR count). The van der Waals surface area contributed by atoms with Crippen LogP contribution in [-0.4, -0.2) is 18.8 Å². The number of hydrogen-bond donors (Lipinski definition) is 2. The maximum atomic E-state index is 11.9. The van der Waals surface area contributed by atoms with Crippen molar-refractivity contribution in [2.24, 2.45) is 0 Å². The number of hydrogen-bond acceptors (Lipinski definition) is 4. The summed E-state index contributed by atoms with van der Waals surface area (Å²) in [5.41, 5.74) is 6.10. The summed E-state index contributed by atoms with van der Waals surface area (Å²) in [6.07, 6.45) is 2.73. The normalized spacial score (nSPS) is 10.3. The molecule has 0 aliphatic rings. The Balaban J connectivity index is 1.84. The lowest BCUT2D eigenvalue weighted by atomic mass is 10.1. The Hall–Kier alpha value is -2.60. The Labute approximate surface area is 142 Å². The van der Waals surface area contributed by atoms with Gasteiger partial charge >= 0.3 is 0 Å². The van der Waals surface area contributed by atoms with E-state index in [9.17, 15) is 9.59 Å². The zero-order valence-electron chi connectivity index (χ0n) is 12.4. The number of benzene rings is 2. The van der Waals surface area contributed by atoms with Gasteiger partial charge in [-0.15, -0.1) is 0 Å². The summed E-state index contributed by atoms with van der Waals surface area (Å²) in [5, 5.41) is 0. The summed E-state index contributed by atoms with van der Waals surface area (Å²) in [6.45, 7) is 0. The number of carbonyl (C=O) groups excluding carboxylic acids is 2. The molecule has 0 aliphatic heterocycles. The zero-order chi connectivity index (χ0) is 16.7. The van der Waals surface area contributed by atoms with Crippen LogP contribution in [0.4, 0.5) is 0 Å². The van der Waals surface area contributed by atoms with Gasteiger partial charge in [0.15, 0.2) is 5.78 Å². The third-order valence-electron chi connectivity index (χ3n) is 2.98. The molecule has 0 saturated heterocycles. The minimum Gasteiger partial charge on any atom is -0.497 e. The van der Waals surface area contributed by atoms with Crippen molar-refractivity contribution in [2.75, 3.05) is 7.11 Å². The highest BCUT2D eigenvalue weighted by atomic mass is 79.9. The van der Waals surface area contributed by atoms with Crippen molar-refractivity contribution in [2.45, 2.75) is 0 Å². The number of allylic oxidation sites excluding steroid dienone is 1. The van der Waals surface area contributed by atoms with Crippen molar-refractivity contribution in [1.82, 2.24) is 10.9 Å². The van der Waals surface area contributed by atoms with Gasteiger partial charge in [-0.05, 0) is 48.5 Å². The fourth-order valence-corrected chi connectivity index (χ4v) is 2.01. The molecule has 0 unspecified atom stereocenters. The quantitative estimate of drug-likeness (QED) is 0.463. The Bertz CT molecular complexity index is 710. The highest BCUT2D eigenvalue weighted by Gasteiger charge is 2.04. The summed E-state index contributed by atoms with van der Waals surface area (Å²) in [4.78, 5) is 23.7. The van der Waals surface area contributed by atoms with Gasteiger partial charge in [-0.2, -0.15) is 0 Å². The number of nitrogens with one attached hydrogen (secondary N) is 2. The summed E-state index contributed by atoms with van der Waals surface area (Å²) < 4.78 is 5.93. The molecule has 5 nitrogen and oxygen atoms in total. The van der Waals surface area contributed by atoms with Crippen molar-refractivity contribution in [3.05, 3.63) is 76.4 Å². The highest BCUT2D eigenvalue weighted by molar-refractivity contribution is 9.10. The summed E-state index contributed by atoms with van der Waals surface area (Å²) in [7, 11) is 1.56. The molecule has 0 saturated carbocycles. The van der Waals surface area contributed by atoms with E-state index in [1.165, 1.54) is 12.3 Å². The number of rotatable bonds is 6. The lowest BCUT2D eigenvalue weighted by molar-refractivity contribution is 0.0939. The summed E-state index contributed by atoms with van der Waals surface area (Å²) >= 11 is 3.31. The van der Waals surface area contributed by atoms with Crippen molar-refractivity contribution in [3.63, 3.8) is 0 Å². The molecule has 0 fully saturated rings. The Kier molecular flexibility index (Phi) is 5.94. The molecule has 23 heavy (non-hydrogen) atoms. The Morgan fingerprint density at radius 2 is 1.61 bits per heavy atom. The maximum Gasteiger partial charge on any atom is 0.269 e. The van der Waals surface area contributed by atoms with Crippen LogP contribution in [0.2, 0.25) is 0 Å². The molecular weight excluding hydrogens is 360 g/mol. The fraction of sp³-hybridized carbons (Fsp3) is 0.0588. The van der Waals surface area contributed by atoms with Crippen LogP contribution in [0.15, 0.2) is 65.3 Å². The van der Waals surface area contributed by atoms with E-state index in [4.69, 9.17) is 4.74 Å². The average molecular weight is 375 g/mol. The minimum absolute atomic E-state index is 0.163. The van der Waals surface area contributed by atoms with E-state index in [1.54, 1.807) is 55.6 Å². The number of carbonyl (C=O) groups is 2. The predicted molar refractivity (Wildman–Crippen MR) is 91.2 cm³/mol. The molecule has 0 spiro atoms. The second-order valence-corrected chi connectivity index (χ2v) is 5.45. The molecule has 2 aromatic rings. The van der Waals surface area contributed by atoms with E-state index < -0.39 is 0 Å². The van der Waals surface area contributed by atoms with E-state index in [-0.39, 0.29) is 11.7 Å². The maximum absolute atomic E-state index is 11.9. The van der Waals surface area contributed by atoms with Crippen LogP contribution in [-0.2, 0) is 0 Å². The molecule has 0 bridgehead atoms. The number of ether oxygens (including phenoxy) is 1. The van der Waals surface area contributed by atoms with Crippen molar-refractivity contribution >= 4 is 27.6 Å². The molecule has 0 heterocycles. The van der Waals surface area contributed by atoms with Crippen LogP contribution < -0.4 is 15.6 Å². The van der Waals surface area contributed by atoms with Crippen LogP contribution >= 0.6 is 15.9 Å². The van der Waals surface area contributed by atoms with Crippen molar-refractivity contribution < 1.29 is 14.3 Å². The number of ketones is 1. The van der Waals surface area contributed by atoms with Crippen LogP contribution in [0.5, 0.6) is 5.75 Å². The molecule has 0 aliphatic carbocycles. The molecule has 118 valence electrons. The minimum atomic E-state index is -0.312.